The number of ether oxygens (including phenoxy) is 1. The summed E-state index contributed by atoms with van der Waals surface area (Å²) in [5, 5.41) is 27.8. The maximum atomic E-state index is 13.4. The molecule has 1 aromatic heterocycles. The molecule has 18 nitrogen and oxygen atoms in total. The number of aliphatic carboxylic acids is 2. The lowest BCUT2D eigenvalue weighted by Crippen LogP contribution is -2.49. The van der Waals surface area contributed by atoms with Crippen LogP contribution in [-0.2, 0) is 24.0 Å². The number of hydrogen-bond donors (Lipinski definition) is 5. The molecule has 0 aliphatic rings. The number of unbranched alkanes of at least 4 members (excludes halogenated alkanes) is 2. The number of nitroso groups, excluding NO2 is 1. The van der Waals surface area contributed by atoms with E-state index in [4.69, 9.17) is 24.2 Å². The van der Waals surface area contributed by atoms with Crippen LogP contribution in [0.5, 0.6) is 5.75 Å². The number of hydroxylamine groups is 2. The third-order valence-electron chi connectivity index (χ3n) is 8.58. The fraction of sp³-hybridized carbons (Fsp3) is 0.410. The zero-order valence-corrected chi connectivity index (χ0v) is 32.4. The molecule has 0 fully saturated rings. The summed E-state index contributed by atoms with van der Waals surface area (Å²) in [6.07, 6.45) is 3.79. The van der Waals surface area contributed by atoms with Gasteiger partial charge in [-0.1, -0.05) is 39.2 Å². The van der Waals surface area contributed by atoms with E-state index in [0.29, 0.717) is 66.8 Å². The number of likely N-dealkylation sites (N-methyl/N-ethyl adjacent to an activating group) is 1. The molecular formula is C39H49N5O13. The van der Waals surface area contributed by atoms with Crippen molar-refractivity contribution >= 4 is 48.1 Å². The fourth-order valence-corrected chi connectivity index (χ4v) is 5.60. The maximum absolute atomic E-state index is 13.4. The second-order valence-corrected chi connectivity index (χ2v) is 12.5. The number of carboxylic acid groups (broad SMARTS) is 2. The van der Waals surface area contributed by atoms with Crippen molar-refractivity contribution in [3.05, 3.63) is 75.9 Å². The Hall–Kier alpha value is -6.43. The van der Waals surface area contributed by atoms with E-state index in [0.717, 1.165) is 17.9 Å². The number of benzene rings is 2. The van der Waals surface area contributed by atoms with Crippen LogP contribution in [0.1, 0.15) is 96.1 Å². The van der Waals surface area contributed by atoms with Crippen molar-refractivity contribution in [1.29, 1.82) is 0 Å². The van der Waals surface area contributed by atoms with E-state index in [1.165, 1.54) is 31.3 Å². The number of nitrogens with zero attached hydrogens (tertiary/aromatic N) is 2. The van der Waals surface area contributed by atoms with Crippen LogP contribution in [0.15, 0.2) is 58.1 Å². The molecule has 1 heterocycles. The summed E-state index contributed by atoms with van der Waals surface area (Å²) in [4.78, 5) is 99.0. The molecule has 308 valence electrons. The van der Waals surface area contributed by atoms with E-state index in [9.17, 15) is 38.5 Å². The van der Waals surface area contributed by atoms with Crippen LogP contribution in [0, 0.1) is 17.7 Å². The molecule has 3 rings (SSSR count). The number of aryl methyl sites for hydroxylation is 1. The second-order valence-electron chi connectivity index (χ2n) is 12.5. The number of rotatable bonds is 23. The minimum atomic E-state index is -1.15. The molecule has 0 saturated heterocycles. The van der Waals surface area contributed by atoms with Gasteiger partial charge in [0.05, 0.1) is 42.8 Å². The fourth-order valence-electron chi connectivity index (χ4n) is 5.60. The van der Waals surface area contributed by atoms with Crippen LogP contribution < -0.4 is 20.7 Å². The van der Waals surface area contributed by atoms with Gasteiger partial charge in [0.15, 0.2) is 12.0 Å². The average molecular weight is 796 g/mol. The lowest BCUT2D eigenvalue weighted by Gasteiger charge is -2.32. The van der Waals surface area contributed by atoms with Crippen molar-refractivity contribution < 1.29 is 57.8 Å². The monoisotopic (exact) mass is 795 g/mol. The summed E-state index contributed by atoms with van der Waals surface area (Å²) in [5.41, 5.74) is 1.72. The van der Waals surface area contributed by atoms with E-state index >= 15 is 0 Å². The molecule has 3 unspecified atom stereocenters. The van der Waals surface area contributed by atoms with E-state index in [2.05, 4.69) is 21.1 Å². The van der Waals surface area contributed by atoms with Gasteiger partial charge in [-0.25, -0.2) is 4.79 Å². The van der Waals surface area contributed by atoms with Gasteiger partial charge >= 0.3 is 17.9 Å². The van der Waals surface area contributed by atoms with Crippen LogP contribution in [0.2, 0.25) is 0 Å². The van der Waals surface area contributed by atoms with Gasteiger partial charge in [-0.3, -0.25) is 28.8 Å². The number of hydrogen-bond acceptors (Lipinski definition) is 13. The first kappa shape index (κ1) is 46.7. The predicted octanol–water partition coefficient (Wildman–Crippen LogP) is 5.01. The van der Waals surface area contributed by atoms with Crippen LogP contribution >= 0.6 is 0 Å². The number of carboxylic acids is 2. The molecule has 0 bridgehead atoms. The zero-order valence-electron chi connectivity index (χ0n) is 32.4. The van der Waals surface area contributed by atoms with Crippen LogP contribution in [-0.4, -0.2) is 90.1 Å². The average Bonchev–Trinajstić information content (AvgIpc) is 3.70. The molecule has 0 spiro atoms. The van der Waals surface area contributed by atoms with Gasteiger partial charge < -0.3 is 40.2 Å². The molecule has 3 aromatic rings. The standard InChI is InChI=1S/C34H40N4O9.C5H9NO4/c1-5-8-9-10-27(28(6-2)38(21-40)47-34(43)26-14-13-25(37-44)17-22(26)4)32(41)35-20-36-33(42)30-16-15-29(46-30)23-11-12-24(19-39)31(18-23)45-7-3;1-6-3(5(9)10)2-4(7)8/h11-19,21,27-28H,5-10,20H2,1-4H3,(H,35,41)(H,36,42);3,6H,2H2,1H3,(H,7,8)(H,9,10). The Balaban J connectivity index is 0.000000984. The first-order valence-electron chi connectivity index (χ1n) is 18.2. The molecule has 3 amide bonds. The number of nitrogens with one attached hydrogen (secondary N) is 3. The second kappa shape index (κ2) is 24.2. The minimum absolute atomic E-state index is 0.00361. The van der Waals surface area contributed by atoms with Gasteiger partial charge in [-0.15, -0.1) is 4.91 Å². The van der Waals surface area contributed by atoms with E-state index in [1.807, 2.05) is 6.92 Å². The van der Waals surface area contributed by atoms with E-state index < -0.39 is 54.1 Å². The van der Waals surface area contributed by atoms with Crippen LogP contribution in [0.4, 0.5) is 5.69 Å². The highest BCUT2D eigenvalue weighted by Crippen LogP contribution is 2.29. The van der Waals surface area contributed by atoms with E-state index in [-0.39, 0.29) is 23.7 Å². The summed E-state index contributed by atoms with van der Waals surface area (Å²) in [6.45, 7) is 7.34. The maximum Gasteiger partial charge on any atom is 0.363 e. The van der Waals surface area contributed by atoms with Crippen molar-refractivity contribution in [1.82, 2.24) is 21.0 Å². The molecule has 0 aliphatic carbocycles. The highest BCUT2D eigenvalue weighted by atomic mass is 16.7. The summed E-state index contributed by atoms with van der Waals surface area (Å²) >= 11 is 0. The quantitative estimate of drug-likeness (QED) is 0.0278. The third-order valence-corrected chi connectivity index (χ3v) is 8.58. The molecule has 0 radical (unpaired) electrons. The van der Waals surface area contributed by atoms with Gasteiger partial charge in [0.1, 0.15) is 23.2 Å². The van der Waals surface area contributed by atoms with E-state index in [1.54, 1.807) is 45.0 Å². The third kappa shape index (κ3) is 14.3. The highest BCUT2D eigenvalue weighted by Gasteiger charge is 2.34. The van der Waals surface area contributed by atoms with Crippen molar-refractivity contribution in [2.75, 3.05) is 20.3 Å². The SMILES string of the molecule is CCCCCC(C(=O)NCNC(=O)c1ccc(-c2ccc(C=O)c(OCC)c2)o1)C(CC)N(C=O)OC(=O)c1ccc(N=O)cc1C.CNC(CC(=O)O)C(=O)O. The Morgan fingerprint density at radius 1 is 0.965 bits per heavy atom. The summed E-state index contributed by atoms with van der Waals surface area (Å²) < 4.78 is 11.2. The summed E-state index contributed by atoms with van der Waals surface area (Å²) in [7, 11) is 1.40. The van der Waals surface area contributed by atoms with Crippen LogP contribution in [0.25, 0.3) is 11.3 Å². The summed E-state index contributed by atoms with van der Waals surface area (Å²) in [6, 6.07) is 10.4. The summed E-state index contributed by atoms with van der Waals surface area (Å²) in [5.74, 6) is -4.08. The Bertz CT molecular complexity index is 1860. The van der Waals surface area contributed by atoms with Crippen LogP contribution in [0.3, 0.4) is 0 Å². The molecule has 57 heavy (non-hydrogen) atoms. The largest absolute Gasteiger partial charge is 0.493 e. The Morgan fingerprint density at radius 2 is 1.70 bits per heavy atom. The van der Waals surface area contributed by atoms with Gasteiger partial charge in [0.25, 0.3) is 5.91 Å². The number of aldehydes is 1. The van der Waals surface area contributed by atoms with Crippen molar-refractivity contribution in [2.24, 2.45) is 11.1 Å². The molecule has 5 N–H and O–H groups in total. The molecular weight excluding hydrogens is 746 g/mol. The zero-order chi connectivity index (χ0) is 42.5. The normalized spacial score (nSPS) is 12.0. The molecule has 0 saturated carbocycles. The lowest BCUT2D eigenvalue weighted by molar-refractivity contribution is -0.171. The van der Waals surface area contributed by atoms with Crippen molar-refractivity contribution in [2.45, 2.75) is 78.3 Å². The number of carbonyl (C=O) groups is 7. The minimum Gasteiger partial charge on any atom is -0.493 e. The number of amides is 3. The smallest absolute Gasteiger partial charge is 0.363 e. The molecule has 18 heteroatoms. The van der Waals surface area contributed by atoms with Crippen molar-refractivity contribution in [3.63, 3.8) is 0 Å². The predicted molar refractivity (Wildman–Crippen MR) is 206 cm³/mol. The Kier molecular flexibility index (Phi) is 19.8. The van der Waals surface area contributed by atoms with Gasteiger partial charge in [0, 0.05) is 5.56 Å². The van der Waals surface area contributed by atoms with Gasteiger partial charge in [-0.2, -0.15) is 5.06 Å². The number of carbonyl (C=O) groups excluding carboxylic acids is 5. The lowest BCUT2D eigenvalue weighted by atomic mass is 9.90. The highest BCUT2D eigenvalue weighted by molar-refractivity contribution is 5.93. The first-order chi connectivity index (χ1) is 27.3. The Morgan fingerprint density at radius 3 is 2.25 bits per heavy atom. The number of furan rings is 1. The van der Waals surface area contributed by atoms with Crippen molar-refractivity contribution in [3.8, 4) is 17.1 Å². The Labute approximate surface area is 329 Å². The van der Waals surface area contributed by atoms with Gasteiger partial charge in [0.2, 0.25) is 12.3 Å². The first-order valence-corrected chi connectivity index (χ1v) is 18.2. The topological polar surface area (TPSA) is 260 Å². The molecule has 2 aromatic carbocycles. The molecule has 0 aliphatic heterocycles. The van der Waals surface area contributed by atoms with Gasteiger partial charge in [-0.05, 0) is 86.9 Å². The molecule has 3 atom stereocenters.